The molecule has 0 amide bonds. The summed E-state index contributed by atoms with van der Waals surface area (Å²) < 4.78 is 0. The lowest BCUT2D eigenvalue weighted by molar-refractivity contribution is -0.141. The number of benzene rings is 1. The molecule has 0 spiro atoms. The van der Waals surface area contributed by atoms with Gasteiger partial charge in [0.1, 0.15) is 0 Å². The first-order chi connectivity index (χ1) is 10.1. The molecule has 23 heavy (non-hydrogen) atoms. The number of carbonyl (C=O) groups is 1. The van der Waals surface area contributed by atoms with Gasteiger partial charge in [-0.2, -0.15) is 0 Å². The Balaban J connectivity index is 2.94. The van der Waals surface area contributed by atoms with E-state index in [9.17, 15) is 9.90 Å². The second-order valence-electron chi connectivity index (χ2n) is 10.0. The average Bonchev–Trinajstić information content (AvgIpc) is 2.90. The van der Waals surface area contributed by atoms with Gasteiger partial charge in [-0.15, -0.1) is 0 Å². The van der Waals surface area contributed by atoms with Gasteiger partial charge in [0, 0.05) is 0 Å². The molecule has 1 aliphatic rings. The number of hydrogen-bond acceptors (Lipinski definition) is 1. The Morgan fingerprint density at radius 1 is 1.00 bits per heavy atom. The van der Waals surface area contributed by atoms with E-state index in [0.29, 0.717) is 6.42 Å². The van der Waals surface area contributed by atoms with Crippen molar-refractivity contribution in [2.24, 2.45) is 5.41 Å². The van der Waals surface area contributed by atoms with E-state index in [4.69, 9.17) is 0 Å². The van der Waals surface area contributed by atoms with Crippen molar-refractivity contribution >= 4 is 5.97 Å². The maximum absolute atomic E-state index is 12.3. The minimum Gasteiger partial charge on any atom is -0.481 e. The predicted octanol–water partition coefficient (Wildman–Crippen LogP) is 5.34. The lowest BCUT2D eigenvalue weighted by atomic mass is 9.69. The summed E-state index contributed by atoms with van der Waals surface area (Å²) in [6.45, 7) is 19.4. The standard InChI is InChI=1S/C21H32O2/c1-13-10-14(18(2,3)4)16(15(11-13)19(5,6)7)21(17(22)23)12-20(21,8)9/h10-11H,12H2,1-9H3,(H,22,23). The number of aryl methyl sites for hydroxylation is 1. The monoisotopic (exact) mass is 316 g/mol. The molecule has 2 nitrogen and oxygen atoms in total. The van der Waals surface area contributed by atoms with Crippen LogP contribution in [0, 0.1) is 12.3 Å². The number of carboxylic acids is 1. The molecule has 0 bridgehead atoms. The van der Waals surface area contributed by atoms with Crippen molar-refractivity contribution in [3.63, 3.8) is 0 Å². The van der Waals surface area contributed by atoms with Crippen LogP contribution in [-0.4, -0.2) is 11.1 Å². The zero-order valence-electron chi connectivity index (χ0n) is 16.2. The van der Waals surface area contributed by atoms with Crippen molar-refractivity contribution in [1.82, 2.24) is 0 Å². The van der Waals surface area contributed by atoms with Crippen LogP contribution in [0.2, 0.25) is 0 Å². The van der Waals surface area contributed by atoms with Gasteiger partial charge in [0.2, 0.25) is 0 Å². The lowest BCUT2D eigenvalue weighted by Crippen LogP contribution is -2.33. The third kappa shape index (κ3) is 2.70. The lowest BCUT2D eigenvalue weighted by Gasteiger charge is -2.34. The molecule has 1 saturated carbocycles. The van der Waals surface area contributed by atoms with Gasteiger partial charge in [-0.05, 0) is 46.3 Å². The van der Waals surface area contributed by atoms with E-state index in [2.05, 4.69) is 74.4 Å². The van der Waals surface area contributed by atoms with Crippen LogP contribution in [0.25, 0.3) is 0 Å². The largest absolute Gasteiger partial charge is 0.481 e. The molecule has 2 rings (SSSR count). The van der Waals surface area contributed by atoms with E-state index in [1.807, 2.05) is 0 Å². The van der Waals surface area contributed by atoms with Crippen LogP contribution in [0.5, 0.6) is 0 Å². The summed E-state index contributed by atoms with van der Waals surface area (Å²) >= 11 is 0. The Morgan fingerprint density at radius 2 is 1.35 bits per heavy atom. The van der Waals surface area contributed by atoms with Crippen molar-refractivity contribution in [2.75, 3.05) is 0 Å². The Kier molecular flexibility index (Phi) is 3.80. The molecular formula is C21H32O2. The maximum atomic E-state index is 12.3. The van der Waals surface area contributed by atoms with Gasteiger partial charge >= 0.3 is 5.97 Å². The molecule has 0 heterocycles. The molecular weight excluding hydrogens is 284 g/mol. The summed E-state index contributed by atoms with van der Waals surface area (Å²) in [7, 11) is 0. The number of rotatable bonds is 2. The summed E-state index contributed by atoms with van der Waals surface area (Å²) in [5, 5.41) is 10.1. The number of hydrogen-bond donors (Lipinski definition) is 1. The van der Waals surface area contributed by atoms with Gasteiger partial charge < -0.3 is 5.11 Å². The molecule has 1 N–H and O–H groups in total. The van der Waals surface area contributed by atoms with Crippen molar-refractivity contribution in [2.45, 2.75) is 85.0 Å². The highest BCUT2D eigenvalue weighted by Gasteiger charge is 2.69. The van der Waals surface area contributed by atoms with Crippen molar-refractivity contribution in [1.29, 1.82) is 0 Å². The molecule has 1 fully saturated rings. The zero-order valence-corrected chi connectivity index (χ0v) is 16.2. The highest BCUT2D eigenvalue weighted by Crippen LogP contribution is 2.67. The number of aliphatic carboxylic acids is 1. The SMILES string of the molecule is Cc1cc(C(C)(C)C)c(C2(C(=O)O)CC2(C)C)c(C(C)(C)C)c1. The normalized spacial score (nSPS) is 23.7. The summed E-state index contributed by atoms with van der Waals surface area (Å²) in [6, 6.07) is 4.40. The van der Waals surface area contributed by atoms with Gasteiger partial charge in [0.15, 0.2) is 0 Å². The minimum atomic E-state index is -0.758. The molecule has 1 aromatic rings. The quantitative estimate of drug-likeness (QED) is 0.799. The van der Waals surface area contributed by atoms with Crippen LogP contribution in [0.4, 0.5) is 0 Å². The fraction of sp³-hybridized carbons (Fsp3) is 0.667. The smallest absolute Gasteiger partial charge is 0.314 e. The van der Waals surface area contributed by atoms with E-state index < -0.39 is 11.4 Å². The summed E-state index contributed by atoms with van der Waals surface area (Å²) in [5.41, 5.74) is 3.54. The fourth-order valence-electron chi connectivity index (χ4n) is 3.95. The summed E-state index contributed by atoms with van der Waals surface area (Å²) in [6.07, 6.45) is 0.713. The van der Waals surface area contributed by atoms with Crippen LogP contribution in [0.15, 0.2) is 12.1 Å². The molecule has 1 unspecified atom stereocenters. The topological polar surface area (TPSA) is 37.3 Å². The molecule has 2 heteroatoms. The van der Waals surface area contributed by atoms with Crippen molar-refractivity contribution < 1.29 is 9.90 Å². The maximum Gasteiger partial charge on any atom is 0.314 e. The number of carboxylic acid groups (broad SMARTS) is 1. The van der Waals surface area contributed by atoms with Crippen LogP contribution >= 0.6 is 0 Å². The molecule has 0 aromatic heterocycles. The summed E-state index contributed by atoms with van der Waals surface area (Å²) in [5.74, 6) is -0.678. The van der Waals surface area contributed by atoms with E-state index >= 15 is 0 Å². The third-order valence-electron chi connectivity index (χ3n) is 5.43. The molecule has 1 aliphatic carbocycles. The Bertz CT molecular complexity index is 618. The highest BCUT2D eigenvalue weighted by molar-refractivity contribution is 5.88. The predicted molar refractivity (Wildman–Crippen MR) is 96.3 cm³/mol. The molecule has 128 valence electrons. The van der Waals surface area contributed by atoms with Gasteiger partial charge in [-0.1, -0.05) is 73.1 Å². The molecule has 1 aromatic carbocycles. The second kappa shape index (κ2) is 4.84. The van der Waals surface area contributed by atoms with Crippen LogP contribution in [0.3, 0.4) is 0 Å². The van der Waals surface area contributed by atoms with Crippen LogP contribution < -0.4 is 0 Å². The Morgan fingerprint density at radius 3 is 1.57 bits per heavy atom. The van der Waals surface area contributed by atoms with E-state index in [-0.39, 0.29) is 16.2 Å². The average molecular weight is 316 g/mol. The highest BCUT2D eigenvalue weighted by atomic mass is 16.4. The third-order valence-corrected chi connectivity index (χ3v) is 5.43. The second-order valence-corrected chi connectivity index (χ2v) is 10.0. The molecule has 0 aliphatic heterocycles. The van der Waals surface area contributed by atoms with Crippen LogP contribution in [-0.2, 0) is 21.0 Å². The van der Waals surface area contributed by atoms with Crippen LogP contribution in [0.1, 0.15) is 84.1 Å². The van der Waals surface area contributed by atoms with Gasteiger partial charge in [0.05, 0.1) is 5.41 Å². The van der Waals surface area contributed by atoms with Gasteiger partial charge in [-0.3, -0.25) is 4.79 Å². The van der Waals surface area contributed by atoms with Gasteiger partial charge in [-0.25, -0.2) is 0 Å². The van der Waals surface area contributed by atoms with E-state index in [1.165, 1.54) is 16.7 Å². The first kappa shape index (κ1) is 18.0. The fourth-order valence-corrected chi connectivity index (χ4v) is 3.95. The summed E-state index contributed by atoms with van der Waals surface area (Å²) in [4.78, 5) is 12.3. The Labute approximate surface area is 141 Å². The zero-order chi connectivity index (χ0) is 18.0. The van der Waals surface area contributed by atoms with Crippen molar-refractivity contribution in [3.05, 3.63) is 34.4 Å². The van der Waals surface area contributed by atoms with E-state index in [1.54, 1.807) is 0 Å². The first-order valence-corrected chi connectivity index (χ1v) is 8.54. The Hall–Kier alpha value is -1.31. The van der Waals surface area contributed by atoms with Gasteiger partial charge in [0.25, 0.3) is 0 Å². The minimum absolute atomic E-state index is 0.0809. The first-order valence-electron chi connectivity index (χ1n) is 8.54. The molecule has 1 atom stereocenters. The molecule has 0 saturated heterocycles. The van der Waals surface area contributed by atoms with E-state index in [0.717, 1.165) is 5.56 Å². The van der Waals surface area contributed by atoms with Crippen molar-refractivity contribution in [3.8, 4) is 0 Å². The molecule has 0 radical (unpaired) electrons.